The van der Waals surface area contributed by atoms with Crippen LogP contribution in [0.3, 0.4) is 0 Å². The number of piperazine rings is 2. The molecular weight excluding hydrogens is 1060 g/mol. The van der Waals surface area contributed by atoms with Crippen molar-refractivity contribution in [2.45, 2.75) is 22.0 Å². The second-order valence-corrected chi connectivity index (χ2v) is 23.1. The number of benzene rings is 2. The van der Waals surface area contributed by atoms with E-state index < -0.39 is 27.2 Å². The number of aromatic nitrogens is 6. The predicted molar refractivity (Wildman–Crippen MR) is 292 cm³/mol. The van der Waals surface area contributed by atoms with Crippen LogP contribution < -0.4 is 35.5 Å². The average molecular weight is 1130 g/mol. The lowest BCUT2D eigenvalue weighted by Gasteiger charge is -2.36. The van der Waals surface area contributed by atoms with E-state index in [1.165, 1.54) is 24.3 Å². The van der Waals surface area contributed by atoms with E-state index in [9.17, 15) is 48.9 Å². The monoisotopic (exact) mass is 1130 g/mol. The fraction of sp³-hybridized carbons (Fsp3) is 0.583. The largest absolute Gasteiger partial charge is 0.744 e. The quantitative estimate of drug-likeness (QED) is 0.00687. The SMILES string of the molecule is C[N+](C)(C)CC(O)CN1CCN(c2nc(Nc3ccc(/C=C/c4ccc(Nc5nc(N(CCO)CCO)nc(N6CCN(CC(O)C[N+](C)(C)C)CC6)n5)cc4S(=O)(=O)[O-])c(SOO[O-])c3)nc(N(CCO)CCO)n2)CC1. The number of likely N-dealkylation sites (N-methyl/N-ethyl adjacent to an activating group) is 2. The van der Waals surface area contributed by atoms with Gasteiger partial charge in [-0.1, -0.05) is 24.3 Å². The Morgan fingerprint density at radius 2 is 1.05 bits per heavy atom. The van der Waals surface area contributed by atoms with Gasteiger partial charge in [-0.2, -0.15) is 34.2 Å². The molecule has 6 rings (SSSR count). The molecule has 0 radical (unpaired) electrons. The zero-order chi connectivity index (χ0) is 56.6. The first-order valence-corrected chi connectivity index (χ1v) is 27.7. The first-order valence-electron chi connectivity index (χ1n) is 25.5. The van der Waals surface area contributed by atoms with Crippen LogP contribution in [0.1, 0.15) is 11.1 Å². The Hall–Kier alpha value is -5.26. The summed E-state index contributed by atoms with van der Waals surface area (Å²) < 4.78 is 44.6. The number of aliphatic hydroxyl groups excluding tert-OH is 6. The lowest BCUT2D eigenvalue weighted by atomic mass is 10.1. The Labute approximate surface area is 459 Å². The molecule has 4 heterocycles. The van der Waals surface area contributed by atoms with Crippen molar-refractivity contribution >= 4 is 81.4 Å². The van der Waals surface area contributed by atoms with E-state index in [1.807, 2.05) is 52.1 Å². The van der Waals surface area contributed by atoms with Gasteiger partial charge in [0.15, 0.2) is 0 Å². The van der Waals surface area contributed by atoms with Crippen LogP contribution in [0.15, 0.2) is 46.2 Å². The van der Waals surface area contributed by atoms with E-state index in [-0.39, 0.29) is 93.6 Å². The third-order valence-corrected chi connectivity index (χ3v) is 14.0. The van der Waals surface area contributed by atoms with E-state index >= 15 is 0 Å². The average Bonchev–Trinajstić information content (AvgIpc) is 3.45. The minimum Gasteiger partial charge on any atom is -0.744 e. The molecule has 78 heavy (non-hydrogen) atoms. The fourth-order valence-electron chi connectivity index (χ4n) is 9.01. The van der Waals surface area contributed by atoms with E-state index in [0.717, 1.165) is 6.07 Å². The molecule has 30 heteroatoms. The fourth-order valence-corrected chi connectivity index (χ4v) is 10.2. The van der Waals surface area contributed by atoms with Crippen LogP contribution in [0.5, 0.6) is 0 Å². The minimum absolute atomic E-state index is 0.00353. The molecule has 2 atom stereocenters. The molecule has 2 aliphatic rings. The molecule has 2 aliphatic heterocycles. The number of β-amino-alcohol motifs (C(OH)–C–C–N with tert-alkyl or cyclic N) is 2. The third-order valence-electron chi connectivity index (χ3n) is 12.4. The molecule has 0 amide bonds. The molecule has 2 saturated heterocycles. The first kappa shape index (κ1) is 61.9. The highest BCUT2D eigenvalue weighted by molar-refractivity contribution is 7.94. The molecule has 28 nitrogen and oxygen atoms in total. The first-order chi connectivity index (χ1) is 37.1. The number of aliphatic hydroxyl groups is 6. The van der Waals surface area contributed by atoms with Crippen molar-refractivity contribution < 1.29 is 67.2 Å². The van der Waals surface area contributed by atoms with E-state index in [1.54, 1.807) is 28.0 Å². The Morgan fingerprint density at radius 3 is 1.45 bits per heavy atom. The van der Waals surface area contributed by atoms with Crippen LogP contribution >= 0.6 is 12.0 Å². The van der Waals surface area contributed by atoms with Crippen molar-refractivity contribution in [1.82, 2.24) is 39.7 Å². The van der Waals surface area contributed by atoms with Crippen LogP contribution in [-0.4, -0.2) is 278 Å². The van der Waals surface area contributed by atoms with Gasteiger partial charge in [0.05, 0.1) is 85.7 Å². The van der Waals surface area contributed by atoms with Crippen molar-refractivity contribution in [2.75, 3.05) is 204 Å². The number of rotatable bonds is 30. The Balaban J connectivity index is 1.24. The lowest BCUT2D eigenvalue weighted by Crippen LogP contribution is -2.52. The standard InChI is InChI=1S/C48H76N16O12S2/c1-63(2,3)33-39(69)31-57-13-17-59(18-14-57)45-51-43(53-47(55-45)61(21-25-65)22-26-66)49-37-11-9-35(41(29-37)77-76-75-71)7-8-36-10-12-38(30-42(36)78(72,73)74)50-44-52-46(56-48(54-44)62(23-27-67)24-28-68)60-19-15-58(16-20-60)32-40(70)34-64(4,5)6/h7-12,29-30,39-40,65-70H,13-28,31-34H2,1-6H3,(H2-2,49,50,51,52,53,54,55,56,71,72,73,74)/b8-7+. The molecule has 0 bridgehead atoms. The van der Waals surface area contributed by atoms with Gasteiger partial charge in [0, 0.05) is 108 Å². The van der Waals surface area contributed by atoms with Crippen molar-refractivity contribution in [3.8, 4) is 0 Å². The van der Waals surface area contributed by atoms with Gasteiger partial charge >= 0.3 is 0 Å². The van der Waals surface area contributed by atoms with Gasteiger partial charge < -0.3 is 79.6 Å². The maximum atomic E-state index is 12.9. The number of quaternary nitrogens is 2. The summed E-state index contributed by atoms with van der Waals surface area (Å²) in [6.07, 6.45) is 1.91. The van der Waals surface area contributed by atoms with Crippen LogP contribution in [0.25, 0.3) is 12.2 Å². The molecule has 2 fully saturated rings. The maximum Gasteiger partial charge on any atom is 0.233 e. The summed E-state index contributed by atoms with van der Waals surface area (Å²) >= 11 is 0.567. The second-order valence-electron chi connectivity index (χ2n) is 21.0. The number of anilines is 8. The number of nitrogens with one attached hydrogen (secondary N) is 2. The third kappa shape index (κ3) is 19.2. The van der Waals surface area contributed by atoms with Crippen LogP contribution in [0, 0.1) is 0 Å². The summed E-state index contributed by atoms with van der Waals surface area (Å²) in [5, 5.41) is 81.7. The number of hydrogen-bond acceptors (Lipinski definition) is 27. The van der Waals surface area contributed by atoms with Crippen LogP contribution in [0.2, 0.25) is 0 Å². The summed E-state index contributed by atoms with van der Waals surface area (Å²) in [4.78, 5) is 39.1. The van der Waals surface area contributed by atoms with Gasteiger partial charge in [0.2, 0.25) is 35.7 Å². The number of nitrogens with zero attached hydrogens (tertiary/aromatic N) is 14. The zero-order valence-corrected chi connectivity index (χ0v) is 46.8. The predicted octanol–water partition coefficient (Wildman–Crippen LogP) is -2.19. The Kier molecular flexibility index (Phi) is 22.8. The highest BCUT2D eigenvalue weighted by atomic mass is 32.2. The van der Waals surface area contributed by atoms with Gasteiger partial charge in [-0.25, -0.2) is 8.42 Å². The molecule has 2 unspecified atom stereocenters. The molecular formula is C48H76N16O12S2. The van der Waals surface area contributed by atoms with Gasteiger partial charge in [0.1, 0.15) is 35.4 Å². The van der Waals surface area contributed by atoms with Gasteiger partial charge in [-0.05, 0) is 35.4 Å². The normalized spacial score (nSPS) is 16.0. The smallest absolute Gasteiger partial charge is 0.233 e. The second kappa shape index (κ2) is 28.8. The highest BCUT2D eigenvalue weighted by Crippen LogP contribution is 2.32. The van der Waals surface area contributed by atoms with Crippen molar-refractivity contribution in [3.05, 3.63) is 47.5 Å². The summed E-state index contributed by atoms with van der Waals surface area (Å²) in [5.74, 6) is 1.10. The summed E-state index contributed by atoms with van der Waals surface area (Å²) in [5.41, 5.74) is 1.01. The lowest BCUT2D eigenvalue weighted by molar-refractivity contribution is -0.873. The number of hydrogen-bond donors (Lipinski definition) is 8. The molecule has 0 spiro atoms. The zero-order valence-electron chi connectivity index (χ0n) is 45.1. The molecule has 0 saturated carbocycles. The molecule has 0 aliphatic carbocycles. The maximum absolute atomic E-state index is 12.9. The summed E-state index contributed by atoms with van der Waals surface area (Å²) in [7, 11) is 7.05. The van der Waals surface area contributed by atoms with Crippen molar-refractivity contribution in [3.63, 3.8) is 0 Å². The van der Waals surface area contributed by atoms with E-state index in [4.69, 9.17) is 14.3 Å². The van der Waals surface area contributed by atoms with Gasteiger partial charge in [-0.15, -0.1) is 0 Å². The topological polar surface area (TPSA) is 341 Å². The molecule has 4 aromatic rings. The summed E-state index contributed by atoms with van der Waals surface area (Å²) in [6, 6.07) is 9.01. The summed E-state index contributed by atoms with van der Waals surface area (Å²) in [6.45, 7) is 6.30. The molecule has 432 valence electrons. The van der Waals surface area contributed by atoms with Gasteiger partial charge in [0.25, 0.3) is 0 Å². The minimum atomic E-state index is -5.10. The van der Waals surface area contributed by atoms with Crippen LogP contribution in [0.4, 0.5) is 47.1 Å². The van der Waals surface area contributed by atoms with Gasteiger partial charge in [-0.3, -0.25) is 14.8 Å². The van der Waals surface area contributed by atoms with E-state index in [2.05, 4.69) is 45.4 Å². The van der Waals surface area contributed by atoms with Crippen LogP contribution in [-0.2, 0) is 19.5 Å². The Bertz CT molecular complexity index is 2660. The van der Waals surface area contributed by atoms with Crippen molar-refractivity contribution in [1.29, 1.82) is 0 Å². The van der Waals surface area contributed by atoms with Crippen molar-refractivity contribution in [2.24, 2.45) is 0 Å². The highest BCUT2D eigenvalue weighted by Gasteiger charge is 2.28. The van der Waals surface area contributed by atoms with E-state index in [0.29, 0.717) is 122 Å². The Morgan fingerprint density at radius 1 is 0.641 bits per heavy atom. The molecule has 8 N–H and O–H groups in total. The molecule has 2 aromatic carbocycles. The molecule has 2 aromatic heterocycles.